The molecule has 0 bridgehead atoms. The Labute approximate surface area is 112 Å². The van der Waals surface area contributed by atoms with Crippen LogP contribution in [-0.2, 0) is 12.7 Å². The molecule has 0 saturated carbocycles. The van der Waals surface area contributed by atoms with Gasteiger partial charge in [-0.1, -0.05) is 6.92 Å². The minimum Gasteiger partial charge on any atom is -0.313 e. The van der Waals surface area contributed by atoms with E-state index in [1.807, 2.05) is 13.0 Å². The summed E-state index contributed by atoms with van der Waals surface area (Å²) in [5.74, 6) is 0. The monoisotopic (exact) mass is 287 g/mol. The van der Waals surface area contributed by atoms with E-state index in [4.69, 9.17) is 0 Å². The molecule has 2 heterocycles. The Morgan fingerprint density at radius 3 is 2.68 bits per heavy atom. The van der Waals surface area contributed by atoms with Crippen molar-refractivity contribution in [1.29, 1.82) is 0 Å². The third kappa shape index (κ3) is 3.51. The van der Waals surface area contributed by atoms with E-state index in [9.17, 15) is 13.2 Å². The largest absolute Gasteiger partial charge is 0.443 e. The summed E-state index contributed by atoms with van der Waals surface area (Å²) in [5.41, 5.74) is 1.59. The van der Waals surface area contributed by atoms with E-state index in [1.54, 1.807) is 12.4 Å². The van der Waals surface area contributed by atoms with Gasteiger partial charge in [0.15, 0.2) is 5.01 Å². The lowest BCUT2D eigenvalue weighted by atomic mass is 10.2. The molecule has 0 amide bonds. The highest BCUT2D eigenvalue weighted by Crippen LogP contribution is 2.36. The molecule has 0 unspecified atom stereocenters. The Morgan fingerprint density at radius 1 is 1.26 bits per heavy atom. The van der Waals surface area contributed by atoms with Gasteiger partial charge in [-0.05, 0) is 18.2 Å². The SMILES string of the molecule is CCNCc1cncc(-c2cnc(C(F)(F)F)s2)c1. The maximum atomic E-state index is 12.5. The molecule has 7 heteroatoms. The van der Waals surface area contributed by atoms with Crippen LogP contribution < -0.4 is 5.32 Å². The number of aromatic nitrogens is 2. The number of nitrogens with zero attached hydrogens (tertiary/aromatic N) is 2. The molecule has 0 spiro atoms. The van der Waals surface area contributed by atoms with Gasteiger partial charge in [-0.2, -0.15) is 13.2 Å². The van der Waals surface area contributed by atoms with E-state index < -0.39 is 11.2 Å². The number of nitrogens with one attached hydrogen (secondary N) is 1. The predicted octanol–water partition coefficient (Wildman–Crippen LogP) is 3.33. The number of hydrogen-bond donors (Lipinski definition) is 1. The number of hydrogen-bond acceptors (Lipinski definition) is 4. The average molecular weight is 287 g/mol. The second-order valence-corrected chi connectivity index (χ2v) is 4.92. The van der Waals surface area contributed by atoms with Gasteiger partial charge in [0.25, 0.3) is 0 Å². The van der Waals surface area contributed by atoms with Gasteiger partial charge >= 0.3 is 6.18 Å². The first-order valence-electron chi connectivity index (χ1n) is 5.68. The molecule has 2 rings (SSSR count). The number of pyridine rings is 1. The summed E-state index contributed by atoms with van der Waals surface area (Å²) < 4.78 is 37.5. The van der Waals surface area contributed by atoms with Crippen molar-refractivity contribution in [3.8, 4) is 10.4 Å². The lowest BCUT2D eigenvalue weighted by Gasteiger charge is -2.03. The third-order valence-corrected chi connectivity index (χ3v) is 3.50. The number of thiazole rings is 1. The second kappa shape index (κ2) is 5.66. The normalized spacial score (nSPS) is 11.8. The van der Waals surface area contributed by atoms with Crippen LogP contribution in [0.3, 0.4) is 0 Å². The Bertz CT molecular complexity index is 551. The zero-order valence-corrected chi connectivity index (χ0v) is 11.0. The van der Waals surface area contributed by atoms with Crippen molar-refractivity contribution in [2.45, 2.75) is 19.6 Å². The quantitative estimate of drug-likeness (QED) is 0.937. The molecule has 0 atom stereocenters. The van der Waals surface area contributed by atoms with Gasteiger partial charge in [0.05, 0.1) is 4.88 Å². The van der Waals surface area contributed by atoms with E-state index in [0.29, 0.717) is 28.3 Å². The molecule has 0 fully saturated rings. The van der Waals surface area contributed by atoms with Gasteiger partial charge < -0.3 is 5.32 Å². The smallest absolute Gasteiger partial charge is 0.313 e. The highest BCUT2D eigenvalue weighted by Gasteiger charge is 2.34. The van der Waals surface area contributed by atoms with Crippen LogP contribution in [0.25, 0.3) is 10.4 Å². The Balaban J connectivity index is 2.24. The van der Waals surface area contributed by atoms with Gasteiger partial charge in [-0.15, -0.1) is 11.3 Å². The van der Waals surface area contributed by atoms with E-state index in [-0.39, 0.29) is 0 Å². The van der Waals surface area contributed by atoms with Gasteiger partial charge in [-0.25, -0.2) is 4.98 Å². The first kappa shape index (κ1) is 14.0. The molecule has 2 aromatic rings. The maximum absolute atomic E-state index is 12.5. The van der Waals surface area contributed by atoms with Crippen LogP contribution in [-0.4, -0.2) is 16.5 Å². The first-order chi connectivity index (χ1) is 9.00. The van der Waals surface area contributed by atoms with Crippen LogP contribution in [0.4, 0.5) is 13.2 Å². The average Bonchev–Trinajstić information content (AvgIpc) is 2.86. The maximum Gasteiger partial charge on any atom is 0.443 e. The van der Waals surface area contributed by atoms with Gasteiger partial charge in [0.2, 0.25) is 0 Å². The number of rotatable bonds is 4. The molecule has 0 radical (unpaired) electrons. The highest BCUT2D eigenvalue weighted by molar-refractivity contribution is 7.15. The van der Waals surface area contributed by atoms with Gasteiger partial charge in [-0.3, -0.25) is 4.98 Å². The lowest BCUT2D eigenvalue weighted by Crippen LogP contribution is -2.11. The molecule has 0 aliphatic heterocycles. The van der Waals surface area contributed by atoms with Crippen molar-refractivity contribution >= 4 is 11.3 Å². The summed E-state index contributed by atoms with van der Waals surface area (Å²) in [6.07, 6.45) is 0.0836. The summed E-state index contributed by atoms with van der Waals surface area (Å²) in [7, 11) is 0. The van der Waals surface area contributed by atoms with Crippen LogP contribution >= 0.6 is 11.3 Å². The standard InChI is InChI=1S/C12H12F3N3S/c1-2-16-4-8-3-9(6-17-5-8)10-7-18-11(19-10)12(13,14)15/h3,5-7,16H,2,4H2,1H3. The van der Waals surface area contributed by atoms with Crippen molar-refractivity contribution in [3.05, 3.63) is 35.2 Å². The van der Waals surface area contributed by atoms with E-state index >= 15 is 0 Å². The summed E-state index contributed by atoms with van der Waals surface area (Å²) in [6.45, 7) is 3.45. The first-order valence-corrected chi connectivity index (χ1v) is 6.50. The molecule has 1 N–H and O–H groups in total. The Kier molecular flexibility index (Phi) is 4.16. The molecule has 0 saturated heterocycles. The predicted molar refractivity (Wildman–Crippen MR) is 67.7 cm³/mol. The van der Waals surface area contributed by atoms with Crippen molar-refractivity contribution in [3.63, 3.8) is 0 Å². The molecule has 102 valence electrons. The Morgan fingerprint density at radius 2 is 2.05 bits per heavy atom. The summed E-state index contributed by atoms with van der Waals surface area (Å²) in [5, 5.41) is 2.31. The minimum atomic E-state index is -4.39. The second-order valence-electron chi connectivity index (χ2n) is 3.89. The molecule has 19 heavy (non-hydrogen) atoms. The summed E-state index contributed by atoms with van der Waals surface area (Å²) >= 11 is 0.629. The van der Waals surface area contributed by atoms with E-state index in [2.05, 4.69) is 15.3 Å². The van der Waals surface area contributed by atoms with Gasteiger partial charge in [0, 0.05) is 30.7 Å². The fourth-order valence-corrected chi connectivity index (χ4v) is 2.29. The molecule has 3 nitrogen and oxygen atoms in total. The fourth-order valence-electron chi connectivity index (χ4n) is 1.53. The van der Waals surface area contributed by atoms with Crippen LogP contribution in [0.1, 0.15) is 17.5 Å². The third-order valence-electron chi connectivity index (χ3n) is 2.41. The molecular formula is C12H12F3N3S. The summed E-state index contributed by atoms with van der Waals surface area (Å²) in [6, 6.07) is 1.82. The molecule has 2 aromatic heterocycles. The molecule has 0 aromatic carbocycles. The van der Waals surface area contributed by atoms with Crippen LogP contribution in [0.2, 0.25) is 0 Å². The van der Waals surface area contributed by atoms with Crippen molar-refractivity contribution in [2.75, 3.05) is 6.54 Å². The minimum absolute atomic E-state index is 0.471. The van der Waals surface area contributed by atoms with Crippen LogP contribution in [0.15, 0.2) is 24.7 Å². The number of alkyl halides is 3. The molecular weight excluding hydrogens is 275 g/mol. The zero-order chi connectivity index (χ0) is 13.9. The van der Waals surface area contributed by atoms with Crippen molar-refractivity contribution in [2.24, 2.45) is 0 Å². The topological polar surface area (TPSA) is 37.8 Å². The summed E-state index contributed by atoms with van der Waals surface area (Å²) in [4.78, 5) is 7.92. The Hall–Kier alpha value is -1.47. The van der Waals surface area contributed by atoms with Gasteiger partial charge in [0.1, 0.15) is 0 Å². The molecule has 0 aliphatic rings. The number of halogens is 3. The fraction of sp³-hybridized carbons (Fsp3) is 0.333. The van der Waals surface area contributed by atoms with E-state index in [1.165, 1.54) is 6.20 Å². The van der Waals surface area contributed by atoms with E-state index in [0.717, 1.165) is 12.1 Å². The van der Waals surface area contributed by atoms with Crippen molar-refractivity contribution < 1.29 is 13.2 Å². The lowest BCUT2D eigenvalue weighted by molar-refractivity contribution is -0.137. The zero-order valence-electron chi connectivity index (χ0n) is 10.2. The molecule has 0 aliphatic carbocycles. The van der Waals surface area contributed by atoms with Crippen LogP contribution in [0.5, 0.6) is 0 Å². The van der Waals surface area contributed by atoms with Crippen LogP contribution in [0, 0.1) is 0 Å². The van der Waals surface area contributed by atoms with Crippen molar-refractivity contribution in [1.82, 2.24) is 15.3 Å². The highest BCUT2D eigenvalue weighted by atomic mass is 32.1.